The van der Waals surface area contributed by atoms with Crippen molar-refractivity contribution in [2.45, 2.75) is 96.2 Å². The van der Waals surface area contributed by atoms with E-state index in [4.69, 9.17) is 0 Å². The second-order valence-corrected chi connectivity index (χ2v) is 9.85. The molecule has 32 heavy (non-hydrogen) atoms. The molecule has 0 bridgehead atoms. The SMILES string of the molecule is CCCC[C@](C)(O)CC=C[C@@H]1[C@H]2CC(CCCCC(=O)NCCC(=O)OC)=C[C@H]2C[C@H]1O. The Bertz CT molecular complexity index is 669. The normalized spacial score (nSPS) is 26.6. The Balaban J connectivity index is 1.69. The molecule has 1 saturated carbocycles. The number of methoxy groups -OCH3 is 1. The maximum Gasteiger partial charge on any atom is 0.307 e. The number of aliphatic hydroxyl groups excluding tert-OH is 1. The van der Waals surface area contributed by atoms with Crippen molar-refractivity contribution >= 4 is 11.9 Å². The minimum atomic E-state index is -0.667. The highest BCUT2D eigenvalue weighted by molar-refractivity contribution is 5.76. The molecule has 182 valence electrons. The van der Waals surface area contributed by atoms with Gasteiger partial charge in [0.15, 0.2) is 0 Å². The lowest BCUT2D eigenvalue weighted by Crippen LogP contribution is -2.25. The van der Waals surface area contributed by atoms with Crippen molar-refractivity contribution in [1.29, 1.82) is 0 Å². The molecule has 0 aromatic heterocycles. The molecule has 2 rings (SSSR count). The van der Waals surface area contributed by atoms with Gasteiger partial charge in [-0.2, -0.15) is 0 Å². The van der Waals surface area contributed by atoms with Crippen molar-refractivity contribution in [2.75, 3.05) is 13.7 Å². The number of hydrogen-bond acceptors (Lipinski definition) is 5. The third-order valence-corrected chi connectivity index (χ3v) is 6.97. The summed E-state index contributed by atoms with van der Waals surface area (Å²) < 4.78 is 4.56. The lowest BCUT2D eigenvalue weighted by molar-refractivity contribution is -0.140. The van der Waals surface area contributed by atoms with Gasteiger partial charge < -0.3 is 20.3 Å². The van der Waals surface area contributed by atoms with Crippen molar-refractivity contribution in [3.05, 3.63) is 23.8 Å². The summed E-state index contributed by atoms with van der Waals surface area (Å²) in [6.45, 7) is 4.36. The van der Waals surface area contributed by atoms with Crippen LogP contribution in [0.2, 0.25) is 0 Å². The predicted molar refractivity (Wildman–Crippen MR) is 126 cm³/mol. The van der Waals surface area contributed by atoms with E-state index in [0.29, 0.717) is 31.2 Å². The molecule has 6 heteroatoms. The van der Waals surface area contributed by atoms with Gasteiger partial charge in [0, 0.05) is 18.9 Å². The molecule has 0 aromatic carbocycles. The molecule has 0 unspecified atom stereocenters. The van der Waals surface area contributed by atoms with Crippen molar-refractivity contribution in [3.63, 3.8) is 0 Å². The van der Waals surface area contributed by atoms with E-state index in [9.17, 15) is 19.8 Å². The zero-order valence-corrected chi connectivity index (χ0v) is 20.1. The van der Waals surface area contributed by atoms with Gasteiger partial charge in [-0.05, 0) is 63.7 Å². The third-order valence-electron chi connectivity index (χ3n) is 6.97. The first-order valence-electron chi connectivity index (χ1n) is 12.4. The molecule has 1 amide bonds. The summed E-state index contributed by atoms with van der Waals surface area (Å²) in [6, 6.07) is 0. The highest BCUT2D eigenvalue weighted by Gasteiger charge is 2.43. The van der Waals surface area contributed by atoms with Gasteiger partial charge in [-0.15, -0.1) is 0 Å². The van der Waals surface area contributed by atoms with Crippen LogP contribution in [0.15, 0.2) is 23.8 Å². The van der Waals surface area contributed by atoms with Crippen LogP contribution in [0.5, 0.6) is 0 Å². The van der Waals surface area contributed by atoms with Crippen LogP contribution < -0.4 is 5.32 Å². The Morgan fingerprint density at radius 3 is 2.78 bits per heavy atom. The average molecular weight is 450 g/mol. The zero-order valence-electron chi connectivity index (χ0n) is 20.1. The number of esters is 1. The van der Waals surface area contributed by atoms with E-state index in [-0.39, 0.29) is 30.3 Å². The molecular formula is C26H43NO5. The van der Waals surface area contributed by atoms with Gasteiger partial charge in [0.2, 0.25) is 5.91 Å². The van der Waals surface area contributed by atoms with Gasteiger partial charge in [-0.3, -0.25) is 9.59 Å². The quantitative estimate of drug-likeness (QED) is 0.211. The standard InChI is InChI=1S/C26H43NO5/c1-4-5-13-26(2,31)14-8-10-21-22-17-19(16-20(22)18-23(21)28)9-6-7-11-24(29)27-15-12-25(30)32-3/h8,10,16,20-23,28,31H,4-7,9,11-15,17-18H2,1-3H3,(H,27,29)/t20-,21+,22-,23+,26-/m0/s1. The highest BCUT2D eigenvalue weighted by Crippen LogP contribution is 2.48. The minimum absolute atomic E-state index is 0.0192. The number of unbranched alkanes of at least 4 members (excludes halogenated alkanes) is 2. The molecule has 0 aromatic rings. The number of rotatable bonds is 14. The van der Waals surface area contributed by atoms with Crippen LogP contribution in [0.3, 0.4) is 0 Å². The van der Waals surface area contributed by atoms with Crippen molar-refractivity contribution in [2.24, 2.45) is 17.8 Å². The largest absolute Gasteiger partial charge is 0.469 e. The summed E-state index contributed by atoms with van der Waals surface area (Å²) in [6.07, 6.45) is 15.1. The first kappa shape index (κ1) is 26.6. The zero-order chi connectivity index (χ0) is 23.6. The second-order valence-electron chi connectivity index (χ2n) is 9.85. The van der Waals surface area contributed by atoms with Crippen LogP contribution in [0.25, 0.3) is 0 Å². The number of ether oxygens (including phenoxy) is 1. The Kier molecular flexibility index (Phi) is 10.9. The predicted octanol–water partition coefficient (Wildman–Crippen LogP) is 4.06. The molecule has 0 radical (unpaired) electrons. The molecule has 3 N–H and O–H groups in total. The summed E-state index contributed by atoms with van der Waals surface area (Å²) in [7, 11) is 1.34. The smallest absolute Gasteiger partial charge is 0.307 e. The second kappa shape index (κ2) is 13.1. The molecular weight excluding hydrogens is 406 g/mol. The lowest BCUT2D eigenvalue weighted by atomic mass is 9.87. The maximum absolute atomic E-state index is 11.8. The highest BCUT2D eigenvalue weighted by atomic mass is 16.5. The first-order valence-corrected chi connectivity index (χ1v) is 12.4. The topological polar surface area (TPSA) is 95.9 Å². The van der Waals surface area contributed by atoms with E-state index in [0.717, 1.165) is 51.4 Å². The number of hydrogen-bond donors (Lipinski definition) is 3. The molecule has 2 aliphatic rings. The summed E-state index contributed by atoms with van der Waals surface area (Å²) in [5.74, 6) is 0.727. The first-order chi connectivity index (χ1) is 15.3. The Hall–Kier alpha value is -1.66. The Morgan fingerprint density at radius 1 is 1.28 bits per heavy atom. The molecule has 5 atom stereocenters. The maximum atomic E-state index is 11.8. The average Bonchev–Trinajstić information content (AvgIpc) is 3.26. The Labute approximate surface area is 193 Å². The van der Waals surface area contributed by atoms with Crippen LogP contribution in [0.1, 0.15) is 84.5 Å². The van der Waals surface area contributed by atoms with Crippen LogP contribution >= 0.6 is 0 Å². The van der Waals surface area contributed by atoms with Crippen LogP contribution in [0, 0.1) is 17.8 Å². The molecule has 2 aliphatic carbocycles. The molecule has 0 saturated heterocycles. The van der Waals surface area contributed by atoms with Gasteiger partial charge >= 0.3 is 5.97 Å². The van der Waals surface area contributed by atoms with Crippen LogP contribution in [0.4, 0.5) is 0 Å². The lowest BCUT2D eigenvalue weighted by Gasteiger charge is -2.22. The van der Waals surface area contributed by atoms with E-state index in [1.54, 1.807) is 0 Å². The van der Waals surface area contributed by atoms with Crippen LogP contribution in [-0.4, -0.2) is 47.4 Å². The number of carbonyl (C=O) groups is 2. The molecule has 0 spiro atoms. The summed E-state index contributed by atoms with van der Waals surface area (Å²) in [4.78, 5) is 22.9. The summed E-state index contributed by atoms with van der Waals surface area (Å²) in [5, 5.41) is 23.8. The number of allylic oxidation sites excluding steroid dienone is 2. The van der Waals surface area contributed by atoms with Crippen molar-refractivity contribution in [3.8, 4) is 0 Å². The third kappa shape index (κ3) is 8.70. The van der Waals surface area contributed by atoms with Gasteiger partial charge in [0.05, 0.1) is 25.2 Å². The number of amides is 1. The van der Waals surface area contributed by atoms with Crippen LogP contribution in [-0.2, 0) is 14.3 Å². The van der Waals surface area contributed by atoms with Crippen molar-refractivity contribution in [1.82, 2.24) is 5.32 Å². The van der Waals surface area contributed by atoms with Crippen molar-refractivity contribution < 1.29 is 24.5 Å². The number of aliphatic hydroxyl groups is 2. The fourth-order valence-electron chi connectivity index (χ4n) is 5.06. The van der Waals surface area contributed by atoms with E-state index < -0.39 is 5.60 Å². The van der Waals surface area contributed by atoms with Gasteiger partial charge in [0.1, 0.15) is 0 Å². The monoisotopic (exact) mass is 449 g/mol. The van der Waals surface area contributed by atoms with E-state index in [1.165, 1.54) is 12.7 Å². The Morgan fingerprint density at radius 2 is 2.06 bits per heavy atom. The van der Waals surface area contributed by atoms with Gasteiger partial charge in [-0.25, -0.2) is 0 Å². The molecule has 6 nitrogen and oxygen atoms in total. The fourth-order valence-corrected chi connectivity index (χ4v) is 5.06. The van der Waals surface area contributed by atoms with E-state index in [1.807, 2.05) is 6.92 Å². The van der Waals surface area contributed by atoms with E-state index in [2.05, 4.69) is 35.2 Å². The summed E-state index contributed by atoms with van der Waals surface area (Å²) >= 11 is 0. The molecule has 0 heterocycles. The molecule has 1 fully saturated rings. The molecule has 0 aliphatic heterocycles. The van der Waals surface area contributed by atoms with Gasteiger partial charge in [0.25, 0.3) is 0 Å². The summed E-state index contributed by atoms with van der Waals surface area (Å²) in [5.41, 5.74) is 0.784. The van der Waals surface area contributed by atoms with Gasteiger partial charge in [-0.1, -0.05) is 43.6 Å². The fraction of sp³-hybridized carbons (Fsp3) is 0.769. The number of carbonyl (C=O) groups excluding carboxylic acids is 2. The number of nitrogens with one attached hydrogen (secondary N) is 1. The number of fused-ring (bicyclic) bond motifs is 1. The minimum Gasteiger partial charge on any atom is -0.469 e. The van der Waals surface area contributed by atoms with E-state index >= 15 is 0 Å².